The third-order valence-electron chi connectivity index (χ3n) is 3.19. The van der Waals surface area contributed by atoms with Gasteiger partial charge in [0.05, 0.1) is 16.8 Å². The van der Waals surface area contributed by atoms with E-state index in [9.17, 15) is 27.9 Å². The number of Topliss-reactive ketones (excluding diaryl/α,β-unsaturated/α-hetero) is 1. The van der Waals surface area contributed by atoms with Crippen molar-refractivity contribution in [1.82, 2.24) is 5.32 Å². The van der Waals surface area contributed by atoms with Crippen LogP contribution < -0.4 is 10.6 Å². The molecule has 0 saturated carbocycles. The molecule has 0 aliphatic heterocycles. The lowest BCUT2D eigenvalue weighted by Crippen LogP contribution is -2.54. The van der Waals surface area contributed by atoms with Crippen molar-refractivity contribution >= 4 is 17.4 Å². The van der Waals surface area contributed by atoms with E-state index in [0.717, 1.165) is 0 Å². The Hall–Kier alpha value is -1.97. The number of aliphatic hydroxyl groups excluding tert-OH is 1. The normalized spacial score (nSPS) is 14.0. The third kappa shape index (κ3) is 6.40. The molecular weight excluding hydrogens is 353 g/mol. The van der Waals surface area contributed by atoms with E-state index >= 15 is 0 Å². The van der Waals surface area contributed by atoms with Crippen LogP contribution in [0.4, 0.5) is 18.9 Å². The summed E-state index contributed by atoms with van der Waals surface area (Å²) in [6.07, 6.45) is -6.56. The maximum absolute atomic E-state index is 12.8. The molecule has 0 spiro atoms. The minimum atomic E-state index is -5.08. The van der Waals surface area contributed by atoms with Crippen molar-refractivity contribution in [3.63, 3.8) is 0 Å². The molecule has 1 aromatic carbocycles. The van der Waals surface area contributed by atoms with Gasteiger partial charge < -0.3 is 15.2 Å². The molecule has 0 fully saturated rings. The van der Waals surface area contributed by atoms with Crippen molar-refractivity contribution < 1.29 is 32.6 Å². The topological polar surface area (TPSA) is 87.7 Å². The number of ether oxygens (including phenoxy) is 1. The lowest BCUT2D eigenvalue weighted by molar-refractivity contribution is -0.188. The maximum atomic E-state index is 12.8. The molecule has 0 heterocycles. The average Bonchev–Trinajstić information content (AvgIpc) is 2.43. The first-order valence-electron chi connectivity index (χ1n) is 7.79. The molecule has 0 radical (unpaired) electrons. The molecule has 3 N–H and O–H groups in total. The van der Waals surface area contributed by atoms with E-state index in [-0.39, 0.29) is 11.3 Å². The van der Waals surface area contributed by atoms with Crippen LogP contribution in [0.3, 0.4) is 0 Å². The zero-order valence-corrected chi connectivity index (χ0v) is 15.2. The molecule has 1 aromatic rings. The van der Waals surface area contributed by atoms with Crippen molar-refractivity contribution in [2.75, 3.05) is 5.32 Å². The van der Waals surface area contributed by atoms with Crippen LogP contribution >= 0.6 is 0 Å². The van der Waals surface area contributed by atoms with Crippen LogP contribution in [0.1, 0.15) is 45.0 Å². The molecular formula is C17H23F3N2O4. The van der Waals surface area contributed by atoms with Gasteiger partial charge in [0.25, 0.3) is 0 Å². The maximum Gasteiger partial charge on any atom is 0.471 e. The second-order valence-electron chi connectivity index (χ2n) is 7.18. The Morgan fingerprint density at radius 1 is 1.08 bits per heavy atom. The quantitative estimate of drug-likeness (QED) is 0.525. The third-order valence-corrected chi connectivity index (χ3v) is 3.19. The Balaban J connectivity index is 3.04. The first kappa shape index (κ1) is 22.1. The Labute approximate surface area is 149 Å². The van der Waals surface area contributed by atoms with Crippen molar-refractivity contribution in [1.29, 1.82) is 0 Å². The van der Waals surface area contributed by atoms with Crippen molar-refractivity contribution in [3.05, 3.63) is 29.8 Å². The number of nitrogens with one attached hydrogen (secondary N) is 2. The summed E-state index contributed by atoms with van der Waals surface area (Å²) in [4.78, 5) is 23.9. The fourth-order valence-corrected chi connectivity index (χ4v) is 2.06. The van der Waals surface area contributed by atoms with Gasteiger partial charge in [-0.1, -0.05) is 12.1 Å². The molecule has 1 amide bonds. The van der Waals surface area contributed by atoms with Crippen LogP contribution in [0, 0.1) is 0 Å². The zero-order chi connectivity index (χ0) is 20.3. The summed E-state index contributed by atoms with van der Waals surface area (Å²) in [7, 11) is 0. The van der Waals surface area contributed by atoms with Crippen LogP contribution in [0.2, 0.25) is 0 Å². The summed E-state index contributed by atoms with van der Waals surface area (Å²) in [6.45, 7) is 7.98. The highest BCUT2D eigenvalue weighted by molar-refractivity contribution is 6.09. The monoisotopic (exact) mass is 376 g/mol. The van der Waals surface area contributed by atoms with E-state index in [2.05, 4.69) is 5.32 Å². The van der Waals surface area contributed by atoms with Gasteiger partial charge in [-0.15, -0.1) is 0 Å². The summed E-state index contributed by atoms with van der Waals surface area (Å²) in [5, 5.41) is 14.2. The predicted octanol–water partition coefficient (Wildman–Crippen LogP) is 2.83. The molecule has 0 aromatic heterocycles. The minimum Gasteiger partial charge on any atom is -0.356 e. The highest BCUT2D eigenvalue weighted by Gasteiger charge is 2.40. The van der Waals surface area contributed by atoms with E-state index in [4.69, 9.17) is 4.74 Å². The van der Waals surface area contributed by atoms with Crippen LogP contribution in [-0.2, 0) is 9.53 Å². The molecule has 0 bridgehead atoms. The number of alkyl halides is 3. The van der Waals surface area contributed by atoms with E-state index in [1.807, 2.05) is 0 Å². The number of carbonyl (C=O) groups is 2. The highest BCUT2D eigenvalue weighted by atomic mass is 19.4. The lowest BCUT2D eigenvalue weighted by Gasteiger charge is -2.32. The molecule has 1 atom stereocenters. The van der Waals surface area contributed by atoms with Crippen LogP contribution in [0.25, 0.3) is 0 Å². The standard InChI is InChI=1S/C17H23F3N2O4/c1-15(2,3)26-14(25)22-16(4,5)12(23)10-8-6-7-9-11(10)21-13(24)17(18,19)20/h6-9,14,22,25H,1-5H3,(H,21,24). The summed E-state index contributed by atoms with van der Waals surface area (Å²) >= 11 is 0. The number of hydrogen-bond donors (Lipinski definition) is 3. The van der Waals surface area contributed by atoms with E-state index in [0.29, 0.717) is 0 Å². The molecule has 0 aliphatic carbocycles. The second-order valence-corrected chi connectivity index (χ2v) is 7.18. The number of benzene rings is 1. The van der Waals surface area contributed by atoms with Crippen molar-refractivity contribution in [2.45, 2.75) is 58.3 Å². The largest absolute Gasteiger partial charge is 0.471 e. The summed E-state index contributed by atoms with van der Waals surface area (Å²) < 4.78 is 42.7. The molecule has 1 unspecified atom stereocenters. The number of anilines is 1. The number of para-hydroxylation sites is 1. The average molecular weight is 376 g/mol. The van der Waals surface area contributed by atoms with Gasteiger partial charge in [0, 0.05) is 5.56 Å². The van der Waals surface area contributed by atoms with Gasteiger partial charge in [-0.25, -0.2) is 0 Å². The fourth-order valence-electron chi connectivity index (χ4n) is 2.06. The number of amides is 1. The minimum absolute atomic E-state index is 0.134. The number of carbonyl (C=O) groups excluding carboxylic acids is 2. The Kier molecular flexibility index (Phi) is 6.56. The summed E-state index contributed by atoms with van der Waals surface area (Å²) in [5.41, 5.74) is -2.49. The van der Waals surface area contributed by atoms with Gasteiger partial charge in [0.1, 0.15) is 0 Å². The highest BCUT2D eigenvalue weighted by Crippen LogP contribution is 2.24. The molecule has 26 heavy (non-hydrogen) atoms. The van der Waals surface area contributed by atoms with Crippen LogP contribution in [-0.4, -0.2) is 40.5 Å². The van der Waals surface area contributed by atoms with Gasteiger partial charge in [0.15, 0.2) is 5.78 Å². The van der Waals surface area contributed by atoms with Gasteiger partial charge >= 0.3 is 12.1 Å². The first-order valence-corrected chi connectivity index (χ1v) is 7.79. The molecule has 6 nitrogen and oxygen atoms in total. The molecule has 0 aliphatic rings. The second kappa shape index (κ2) is 7.73. The Morgan fingerprint density at radius 2 is 1.62 bits per heavy atom. The smallest absolute Gasteiger partial charge is 0.356 e. The van der Waals surface area contributed by atoms with Crippen molar-refractivity contribution in [3.8, 4) is 0 Å². The van der Waals surface area contributed by atoms with Crippen LogP contribution in [0.5, 0.6) is 0 Å². The predicted molar refractivity (Wildman–Crippen MR) is 89.5 cm³/mol. The SMILES string of the molecule is CC(C)(C)OC(O)NC(C)(C)C(=O)c1ccccc1NC(=O)C(F)(F)F. The van der Waals surface area contributed by atoms with Gasteiger partial charge in [-0.05, 0) is 46.8 Å². The zero-order valence-electron chi connectivity index (χ0n) is 15.2. The number of aliphatic hydroxyl groups is 1. The van der Waals surface area contributed by atoms with Gasteiger partial charge in [0.2, 0.25) is 6.41 Å². The number of ketones is 1. The fraction of sp³-hybridized carbons (Fsp3) is 0.529. The molecule has 0 saturated heterocycles. The molecule has 9 heteroatoms. The lowest BCUT2D eigenvalue weighted by atomic mass is 9.92. The van der Waals surface area contributed by atoms with E-state index in [1.54, 1.807) is 26.1 Å². The Morgan fingerprint density at radius 3 is 2.12 bits per heavy atom. The van der Waals surface area contributed by atoms with Gasteiger partial charge in [-0.3, -0.25) is 14.9 Å². The Bertz CT molecular complexity index is 667. The number of rotatable bonds is 6. The summed E-state index contributed by atoms with van der Waals surface area (Å²) in [6, 6.07) is 5.32. The first-order chi connectivity index (χ1) is 11.6. The number of halogens is 3. The van der Waals surface area contributed by atoms with Crippen LogP contribution in [0.15, 0.2) is 24.3 Å². The van der Waals surface area contributed by atoms with Crippen molar-refractivity contribution in [2.24, 2.45) is 0 Å². The van der Waals surface area contributed by atoms with E-state index in [1.165, 1.54) is 38.1 Å². The molecule has 146 valence electrons. The number of hydrogen-bond acceptors (Lipinski definition) is 5. The van der Waals surface area contributed by atoms with Gasteiger partial charge in [-0.2, -0.15) is 13.2 Å². The molecule has 1 rings (SSSR count). The van der Waals surface area contributed by atoms with E-state index < -0.39 is 35.4 Å². The summed E-state index contributed by atoms with van der Waals surface area (Å²) in [5.74, 6) is -2.81.